The van der Waals surface area contributed by atoms with Crippen LogP contribution in [0.5, 0.6) is 0 Å². The molecule has 0 spiro atoms. The van der Waals surface area contributed by atoms with E-state index in [4.69, 9.17) is 4.42 Å². The minimum atomic E-state index is 0.141. The van der Waals surface area contributed by atoms with Crippen LogP contribution in [0.1, 0.15) is 19.3 Å². The Labute approximate surface area is 165 Å². The molecule has 1 unspecified atom stereocenters. The number of carbonyl (C=O) groups is 1. The molecular formula is C21H29N5O2. The van der Waals surface area contributed by atoms with E-state index in [-0.39, 0.29) is 5.92 Å². The summed E-state index contributed by atoms with van der Waals surface area (Å²) in [7, 11) is 0. The number of aromatic nitrogens is 1. The number of oxazole rings is 1. The first-order chi connectivity index (χ1) is 13.8. The van der Waals surface area contributed by atoms with Gasteiger partial charge in [-0.15, -0.1) is 0 Å². The molecule has 3 saturated heterocycles. The van der Waals surface area contributed by atoms with Gasteiger partial charge in [0, 0.05) is 64.3 Å². The zero-order chi connectivity index (χ0) is 18.9. The predicted molar refractivity (Wildman–Crippen MR) is 108 cm³/mol. The van der Waals surface area contributed by atoms with Crippen molar-refractivity contribution in [3.8, 4) is 0 Å². The Morgan fingerprint density at radius 1 is 1.04 bits per heavy atom. The number of nitrogens with one attached hydrogen (secondary N) is 1. The van der Waals surface area contributed by atoms with E-state index in [0.29, 0.717) is 18.0 Å². The molecule has 7 heteroatoms. The van der Waals surface area contributed by atoms with Crippen LogP contribution in [0.3, 0.4) is 0 Å². The highest BCUT2D eigenvalue weighted by atomic mass is 16.4. The normalized spacial score (nSPS) is 24.9. The Bertz CT molecular complexity index is 790. The van der Waals surface area contributed by atoms with Crippen molar-refractivity contribution in [3.05, 3.63) is 24.3 Å². The van der Waals surface area contributed by atoms with Gasteiger partial charge in [0.25, 0.3) is 6.01 Å². The van der Waals surface area contributed by atoms with E-state index in [1.54, 1.807) is 0 Å². The van der Waals surface area contributed by atoms with Crippen molar-refractivity contribution >= 4 is 23.0 Å². The fraction of sp³-hybridized carbons (Fsp3) is 0.619. The lowest BCUT2D eigenvalue weighted by Crippen LogP contribution is -2.50. The molecule has 1 amide bonds. The molecule has 3 aliphatic heterocycles. The van der Waals surface area contributed by atoms with E-state index in [0.717, 1.165) is 82.7 Å². The Kier molecular flexibility index (Phi) is 4.94. The summed E-state index contributed by atoms with van der Waals surface area (Å²) in [4.78, 5) is 24.5. The van der Waals surface area contributed by atoms with E-state index in [1.807, 2.05) is 24.3 Å². The molecule has 7 nitrogen and oxygen atoms in total. The second-order valence-corrected chi connectivity index (χ2v) is 8.24. The summed E-state index contributed by atoms with van der Waals surface area (Å²) in [5, 5.41) is 3.41. The van der Waals surface area contributed by atoms with Crippen LogP contribution in [-0.2, 0) is 4.79 Å². The summed E-state index contributed by atoms with van der Waals surface area (Å²) in [6.07, 6.45) is 2.88. The third-order valence-corrected chi connectivity index (χ3v) is 6.54. The van der Waals surface area contributed by atoms with Crippen molar-refractivity contribution in [3.63, 3.8) is 0 Å². The minimum Gasteiger partial charge on any atom is -0.423 e. The summed E-state index contributed by atoms with van der Waals surface area (Å²) in [6, 6.07) is 9.10. The summed E-state index contributed by atoms with van der Waals surface area (Å²) < 4.78 is 5.89. The first kappa shape index (κ1) is 17.9. The average Bonchev–Trinajstić information content (AvgIpc) is 3.41. The number of rotatable bonds is 3. The number of nitrogens with zero attached hydrogens (tertiary/aromatic N) is 4. The molecule has 3 aliphatic rings. The number of hydrogen-bond donors (Lipinski definition) is 1. The van der Waals surface area contributed by atoms with Crippen LogP contribution in [0.4, 0.5) is 6.01 Å². The predicted octanol–water partition coefficient (Wildman–Crippen LogP) is 1.55. The zero-order valence-electron chi connectivity index (χ0n) is 16.3. The molecule has 1 N–H and O–H groups in total. The summed E-state index contributed by atoms with van der Waals surface area (Å²) in [5.41, 5.74) is 1.72. The van der Waals surface area contributed by atoms with Gasteiger partial charge in [-0.25, -0.2) is 0 Å². The van der Waals surface area contributed by atoms with Crippen molar-refractivity contribution < 1.29 is 9.21 Å². The molecule has 3 fully saturated rings. The van der Waals surface area contributed by atoms with E-state index < -0.39 is 0 Å². The van der Waals surface area contributed by atoms with Crippen LogP contribution in [0.15, 0.2) is 28.7 Å². The molecule has 0 radical (unpaired) electrons. The lowest BCUT2D eigenvalue weighted by molar-refractivity contribution is -0.135. The van der Waals surface area contributed by atoms with Crippen molar-refractivity contribution in [2.24, 2.45) is 5.92 Å². The SMILES string of the molecule is O=C(C1CCN(c2nc3ccccc3o2)CC1)N1CCC(N2CCNCC2)C1. The highest BCUT2D eigenvalue weighted by Crippen LogP contribution is 2.28. The zero-order valence-corrected chi connectivity index (χ0v) is 16.3. The van der Waals surface area contributed by atoms with Gasteiger partial charge in [0.05, 0.1) is 0 Å². The highest BCUT2D eigenvalue weighted by Gasteiger charge is 2.35. The number of anilines is 1. The molecule has 28 heavy (non-hydrogen) atoms. The third kappa shape index (κ3) is 3.49. The maximum absolute atomic E-state index is 13.1. The smallest absolute Gasteiger partial charge is 0.298 e. The highest BCUT2D eigenvalue weighted by molar-refractivity contribution is 5.79. The van der Waals surface area contributed by atoms with Gasteiger partial charge in [0.1, 0.15) is 5.52 Å². The van der Waals surface area contributed by atoms with Crippen LogP contribution < -0.4 is 10.2 Å². The van der Waals surface area contributed by atoms with Crippen LogP contribution in [0, 0.1) is 5.92 Å². The fourth-order valence-electron chi connectivity index (χ4n) is 4.86. The summed E-state index contributed by atoms with van der Waals surface area (Å²) >= 11 is 0. The van der Waals surface area contributed by atoms with Crippen LogP contribution in [0.25, 0.3) is 11.1 Å². The lowest BCUT2D eigenvalue weighted by atomic mass is 9.95. The van der Waals surface area contributed by atoms with E-state index in [9.17, 15) is 4.79 Å². The second-order valence-electron chi connectivity index (χ2n) is 8.24. The molecule has 2 aromatic rings. The van der Waals surface area contributed by atoms with Crippen molar-refractivity contribution in [1.29, 1.82) is 0 Å². The maximum atomic E-state index is 13.1. The van der Waals surface area contributed by atoms with Gasteiger partial charge in [0.15, 0.2) is 5.58 Å². The molecule has 1 aromatic heterocycles. The monoisotopic (exact) mass is 383 g/mol. The van der Waals surface area contributed by atoms with Crippen LogP contribution in [-0.4, -0.2) is 79.1 Å². The second kappa shape index (κ2) is 7.72. The summed E-state index contributed by atoms with van der Waals surface area (Å²) in [6.45, 7) is 7.84. The lowest BCUT2D eigenvalue weighted by Gasteiger charge is -2.34. The standard InChI is InChI=1S/C21H29N5O2/c27-20(26-12-7-17(15-26)24-13-8-22-9-14-24)16-5-10-25(11-6-16)21-23-18-3-1-2-4-19(18)28-21/h1-4,16-17,22H,5-15H2. The van der Waals surface area contributed by atoms with Gasteiger partial charge in [0.2, 0.25) is 5.91 Å². The minimum absolute atomic E-state index is 0.141. The molecule has 150 valence electrons. The fourth-order valence-corrected chi connectivity index (χ4v) is 4.86. The first-order valence-electron chi connectivity index (χ1n) is 10.6. The van der Waals surface area contributed by atoms with Gasteiger partial charge in [-0.3, -0.25) is 9.69 Å². The molecule has 4 heterocycles. The topological polar surface area (TPSA) is 64.9 Å². The molecule has 1 aromatic carbocycles. The van der Waals surface area contributed by atoms with Gasteiger partial charge in [-0.2, -0.15) is 4.98 Å². The summed E-state index contributed by atoms with van der Waals surface area (Å²) in [5.74, 6) is 0.497. The van der Waals surface area contributed by atoms with Crippen LogP contribution in [0.2, 0.25) is 0 Å². The van der Waals surface area contributed by atoms with Gasteiger partial charge < -0.3 is 19.5 Å². The molecule has 0 bridgehead atoms. The number of carbonyl (C=O) groups excluding carboxylic acids is 1. The van der Waals surface area contributed by atoms with Crippen molar-refractivity contribution in [1.82, 2.24) is 20.1 Å². The molecule has 5 rings (SSSR count). The third-order valence-electron chi connectivity index (χ3n) is 6.54. The molecular weight excluding hydrogens is 354 g/mol. The van der Waals surface area contributed by atoms with E-state index in [2.05, 4.69) is 25.0 Å². The number of piperidine rings is 1. The largest absolute Gasteiger partial charge is 0.423 e. The number of likely N-dealkylation sites (tertiary alicyclic amines) is 1. The maximum Gasteiger partial charge on any atom is 0.298 e. The number of fused-ring (bicyclic) bond motifs is 1. The van der Waals surface area contributed by atoms with Gasteiger partial charge in [-0.05, 0) is 31.4 Å². The Morgan fingerprint density at radius 2 is 1.82 bits per heavy atom. The van der Waals surface area contributed by atoms with Crippen molar-refractivity contribution in [2.45, 2.75) is 25.3 Å². The van der Waals surface area contributed by atoms with Crippen LogP contribution >= 0.6 is 0 Å². The number of hydrogen-bond acceptors (Lipinski definition) is 6. The van der Waals surface area contributed by atoms with E-state index >= 15 is 0 Å². The molecule has 0 aliphatic carbocycles. The Hall–Kier alpha value is -2.12. The van der Waals surface area contributed by atoms with Gasteiger partial charge >= 0.3 is 0 Å². The van der Waals surface area contributed by atoms with E-state index in [1.165, 1.54) is 0 Å². The molecule has 0 saturated carbocycles. The van der Waals surface area contributed by atoms with Crippen molar-refractivity contribution in [2.75, 3.05) is 57.3 Å². The molecule has 1 atom stereocenters. The number of amides is 1. The average molecular weight is 383 g/mol. The first-order valence-corrected chi connectivity index (χ1v) is 10.6. The van der Waals surface area contributed by atoms with Gasteiger partial charge in [-0.1, -0.05) is 12.1 Å². The Balaban J connectivity index is 1.16. The number of para-hydroxylation sites is 2. The number of piperazine rings is 1. The number of benzene rings is 1. The Morgan fingerprint density at radius 3 is 2.61 bits per heavy atom. The quantitative estimate of drug-likeness (QED) is 0.868.